The zero-order valence-corrected chi connectivity index (χ0v) is 8.54. The zero-order chi connectivity index (χ0) is 10.7. The molecule has 0 aliphatic carbocycles. The Morgan fingerprint density at radius 3 is 2.87 bits per heavy atom. The molecule has 0 saturated carbocycles. The average Bonchev–Trinajstić information content (AvgIpc) is 2.66. The molecule has 2 aromatic rings. The molecule has 0 saturated heterocycles. The van der Waals surface area contributed by atoms with Crippen molar-refractivity contribution in [2.24, 2.45) is 12.8 Å². The Hall–Kier alpha value is -1.75. The standard InChI is InChI=1S/C10H13N5/c1-15-5-4-13-10(15)6-8(11)9-2-3-12-7-14-9/h2-5,7-8H,6,11H2,1H3. The van der Waals surface area contributed by atoms with E-state index in [0.29, 0.717) is 6.42 Å². The van der Waals surface area contributed by atoms with E-state index < -0.39 is 0 Å². The van der Waals surface area contributed by atoms with Crippen molar-refractivity contribution in [2.45, 2.75) is 12.5 Å². The van der Waals surface area contributed by atoms with Crippen molar-refractivity contribution in [1.82, 2.24) is 19.5 Å². The van der Waals surface area contributed by atoms with Gasteiger partial charge in [0.2, 0.25) is 0 Å². The van der Waals surface area contributed by atoms with Gasteiger partial charge in [0.05, 0.1) is 11.7 Å². The predicted octanol–water partition coefficient (Wildman–Crippen LogP) is 0.453. The number of imidazole rings is 1. The largest absolute Gasteiger partial charge is 0.338 e. The van der Waals surface area contributed by atoms with Gasteiger partial charge in [-0.2, -0.15) is 0 Å². The monoisotopic (exact) mass is 203 g/mol. The highest BCUT2D eigenvalue weighted by atomic mass is 15.0. The number of hydrogen-bond acceptors (Lipinski definition) is 4. The maximum atomic E-state index is 6.01. The molecule has 1 atom stereocenters. The fraction of sp³-hybridized carbons (Fsp3) is 0.300. The summed E-state index contributed by atoms with van der Waals surface area (Å²) in [7, 11) is 1.95. The number of hydrogen-bond donors (Lipinski definition) is 1. The lowest BCUT2D eigenvalue weighted by Gasteiger charge is -2.09. The van der Waals surface area contributed by atoms with Gasteiger partial charge < -0.3 is 10.3 Å². The molecule has 5 heteroatoms. The van der Waals surface area contributed by atoms with Crippen LogP contribution in [-0.2, 0) is 13.5 Å². The molecule has 0 aromatic carbocycles. The van der Waals surface area contributed by atoms with Crippen LogP contribution in [0, 0.1) is 0 Å². The Bertz CT molecular complexity index is 422. The van der Waals surface area contributed by atoms with Crippen LogP contribution < -0.4 is 5.73 Å². The van der Waals surface area contributed by atoms with Crippen molar-refractivity contribution in [3.8, 4) is 0 Å². The van der Waals surface area contributed by atoms with Crippen LogP contribution in [0.4, 0.5) is 0 Å². The first-order valence-electron chi connectivity index (χ1n) is 4.75. The van der Waals surface area contributed by atoms with Gasteiger partial charge >= 0.3 is 0 Å². The number of aryl methyl sites for hydroxylation is 1. The van der Waals surface area contributed by atoms with Crippen molar-refractivity contribution in [1.29, 1.82) is 0 Å². The Morgan fingerprint density at radius 1 is 1.40 bits per heavy atom. The van der Waals surface area contributed by atoms with Crippen LogP contribution in [0.25, 0.3) is 0 Å². The number of nitrogens with two attached hydrogens (primary N) is 1. The minimum Gasteiger partial charge on any atom is -0.338 e. The molecule has 2 rings (SSSR count). The lowest BCUT2D eigenvalue weighted by atomic mass is 10.1. The van der Waals surface area contributed by atoms with E-state index in [-0.39, 0.29) is 6.04 Å². The van der Waals surface area contributed by atoms with E-state index in [0.717, 1.165) is 11.5 Å². The van der Waals surface area contributed by atoms with Crippen LogP contribution in [0.3, 0.4) is 0 Å². The summed E-state index contributed by atoms with van der Waals surface area (Å²) in [5.74, 6) is 0.959. The van der Waals surface area contributed by atoms with E-state index in [9.17, 15) is 0 Å². The number of rotatable bonds is 3. The number of aromatic nitrogens is 4. The fourth-order valence-corrected chi connectivity index (χ4v) is 1.41. The first-order chi connectivity index (χ1) is 7.27. The molecular formula is C10H13N5. The molecule has 15 heavy (non-hydrogen) atoms. The molecule has 0 aliphatic heterocycles. The summed E-state index contributed by atoms with van der Waals surface area (Å²) in [5.41, 5.74) is 6.85. The van der Waals surface area contributed by atoms with Gasteiger partial charge in [0.15, 0.2) is 0 Å². The third-order valence-corrected chi connectivity index (χ3v) is 2.31. The van der Waals surface area contributed by atoms with E-state index in [2.05, 4.69) is 15.0 Å². The molecule has 5 nitrogen and oxygen atoms in total. The normalized spacial score (nSPS) is 12.7. The summed E-state index contributed by atoms with van der Waals surface area (Å²) in [4.78, 5) is 12.2. The quantitative estimate of drug-likeness (QED) is 0.786. The summed E-state index contributed by atoms with van der Waals surface area (Å²) >= 11 is 0. The Labute approximate surface area is 88.0 Å². The highest BCUT2D eigenvalue weighted by molar-refractivity contribution is 5.07. The summed E-state index contributed by atoms with van der Waals surface area (Å²) in [6.45, 7) is 0. The molecule has 0 spiro atoms. The van der Waals surface area contributed by atoms with Crippen LogP contribution in [0.5, 0.6) is 0 Å². The van der Waals surface area contributed by atoms with Gasteiger partial charge in [-0.1, -0.05) is 0 Å². The molecule has 0 amide bonds. The molecule has 2 N–H and O–H groups in total. The molecule has 0 fully saturated rings. The maximum Gasteiger partial charge on any atom is 0.115 e. The predicted molar refractivity (Wildman–Crippen MR) is 55.9 cm³/mol. The maximum absolute atomic E-state index is 6.01. The molecule has 0 aliphatic rings. The highest BCUT2D eigenvalue weighted by Crippen LogP contribution is 2.11. The SMILES string of the molecule is Cn1ccnc1CC(N)c1ccncn1. The molecule has 0 bridgehead atoms. The Kier molecular flexibility index (Phi) is 2.73. The van der Waals surface area contributed by atoms with Crippen molar-refractivity contribution >= 4 is 0 Å². The van der Waals surface area contributed by atoms with E-state index in [1.165, 1.54) is 6.33 Å². The Morgan fingerprint density at radius 2 is 2.27 bits per heavy atom. The molecule has 2 aromatic heterocycles. The highest BCUT2D eigenvalue weighted by Gasteiger charge is 2.10. The van der Waals surface area contributed by atoms with E-state index in [1.807, 2.05) is 23.9 Å². The number of nitrogens with zero attached hydrogens (tertiary/aromatic N) is 4. The fourth-order valence-electron chi connectivity index (χ4n) is 1.41. The van der Waals surface area contributed by atoms with Crippen molar-refractivity contribution in [3.63, 3.8) is 0 Å². The van der Waals surface area contributed by atoms with Gasteiger partial charge in [-0.05, 0) is 6.07 Å². The van der Waals surface area contributed by atoms with Crippen molar-refractivity contribution < 1.29 is 0 Å². The van der Waals surface area contributed by atoms with E-state index >= 15 is 0 Å². The lowest BCUT2D eigenvalue weighted by molar-refractivity contribution is 0.641. The molecule has 1 unspecified atom stereocenters. The van der Waals surface area contributed by atoms with Gasteiger partial charge in [0.1, 0.15) is 12.2 Å². The van der Waals surface area contributed by atoms with Gasteiger partial charge in [-0.3, -0.25) is 0 Å². The zero-order valence-electron chi connectivity index (χ0n) is 8.54. The third-order valence-electron chi connectivity index (χ3n) is 2.31. The topological polar surface area (TPSA) is 69.6 Å². The minimum atomic E-state index is -0.130. The van der Waals surface area contributed by atoms with Gasteiger partial charge in [-0.25, -0.2) is 15.0 Å². The molecule has 78 valence electrons. The Balaban J connectivity index is 2.11. The lowest BCUT2D eigenvalue weighted by Crippen LogP contribution is -2.17. The molecular weight excluding hydrogens is 190 g/mol. The molecule has 0 radical (unpaired) electrons. The van der Waals surface area contributed by atoms with Crippen molar-refractivity contribution in [2.75, 3.05) is 0 Å². The third kappa shape index (κ3) is 2.19. The summed E-state index contributed by atoms with van der Waals surface area (Å²) < 4.78 is 1.96. The van der Waals surface area contributed by atoms with Gasteiger partial charge in [0.25, 0.3) is 0 Å². The van der Waals surface area contributed by atoms with Crippen molar-refractivity contribution in [3.05, 3.63) is 42.5 Å². The molecule has 2 heterocycles. The minimum absolute atomic E-state index is 0.130. The average molecular weight is 203 g/mol. The second-order valence-corrected chi connectivity index (χ2v) is 3.40. The van der Waals surface area contributed by atoms with E-state index in [4.69, 9.17) is 5.73 Å². The van der Waals surface area contributed by atoms with Crippen LogP contribution >= 0.6 is 0 Å². The van der Waals surface area contributed by atoms with Crippen LogP contribution in [0.2, 0.25) is 0 Å². The smallest absolute Gasteiger partial charge is 0.115 e. The van der Waals surface area contributed by atoms with E-state index in [1.54, 1.807) is 12.4 Å². The summed E-state index contributed by atoms with van der Waals surface area (Å²) in [5, 5.41) is 0. The summed E-state index contributed by atoms with van der Waals surface area (Å²) in [6, 6.07) is 1.70. The first-order valence-corrected chi connectivity index (χ1v) is 4.75. The van der Waals surface area contributed by atoms with Gasteiger partial charge in [0, 0.05) is 32.1 Å². The second kappa shape index (κ2) is 4.18. The second-order valence-electron chi connectivity index (χ2n) is 3.40. The van der Waals surface area contributed by atoms with Crippen LogP contribution in [0.15, 0.2) is 31.0 Å². The summed E-state index contributed by atoms with van der Waals surface area (Å²) in [6.07, 6.45) is 7.55. The van der Waals surface area contributed by atoms with Gasteiger partial charge in [-0.15, -0.1) is 0 Å². The first kappa shape index (κ1) is 9.79. The van der Waals surface area contributed by atoms with Crippen LogP contribution in [-0.4, -0.2) is 19.5 Å². The van der Waals surface area contributed by atoms with Crippen LogP contribution in [0.1, 0.15) is 17.6 Å².